The second-order valence-electron chi connectivity index (χ2n) is 5.08. The lowest BCUT2D eigenvalue weighted by molar-refractivity contribution is -0.130. The van der Waals surface area contributed by atoms with Crippen molar-refractivity contribution >= 4 is 17.2 Å². The molecule has 0 N–H and O–H groups in total. The van der Waals surface area contributed by atoms with Crippen LogP contribution in [0.25, 0.3) is 10.6 Å². The summed E-state index contributed by atoms with van der Waals surface area (Å²) in [4.78, 5) is 18.5. The van der Waals surface area contributed by atoms with E-state index in [4.69, 9.17) is 0 Å². The average molecular weight is 302 g/mol. The molecule has 1 heterocycles. The molecule has 21 heavy (non-hydrogen) atoms. The van der Waals surface area contributed by atoms with Gasteiger partial charge >= 0.3 is 0 Å². The topological polar surface area (TPSA) is 33.2 Å². The van der Waals surface area contributed by atoms with E-state index >= 15 is 0 Å². The van der Waals surface area contributed by atoms with E-state index in [1.165, 1.54) is 5.56 Å². The minimum Gasteiger partial charge on any atom is -0.343 e. The Morgan fingerprint density at radius 2 is 2.05 bits per heavy atom. The number of nitrogens with zero attached hydrogens (tertiary/aromatic N) is 2. The maximum Gasteiger partial charge on any atom is 0.222 e. The molecule has 0 saturated carbocycles. The van der Waals surface area contributed by atoms with Crippen molar-refractivity contribution in [3.8, 4) is 10.6 Å². The first-order valence-electron chi connectivity index (χ1n) is 7.43. The number of carbonyl (C=O) groups is 1. The lowest BCUT2D eigenvalue weighted by Crippen LogP contribution is -2.30. The first-order chi connectivity index (χ1) is 10.1. The van der Waals surface area contributed by atoms with E-state index in [0.29, 0.717) is 6.42 Å². The second kappa shape index (κ2) is 7.36. The number of hydrogen-bond donors (Lipinski definition) is 0. The SMILES string of the molecule is CCN(CC)C(=O)CCc1csc(-c2cccc(C)c2)n1. The molecule has 1 aromatic carbocycles. The van der Waals surface area contributed by atoms with Crippen LogP contribution in [0.15, 0.2) is 29.6 Å². The van der Waals surface area contributed by atoms with Crippen LogP contribution in [0.1, 0.15) is 31.5 Å². The molecule has 0 unspecified atom stereocenters. The molecule has 4 heteroatoms. The van der Waals surface area contributed by atoms with E-state index in [1.807, 2.05) is 18.7 Å². The lowest BCUT2D eigenvalue weighted by atomic mass is 10.1. The van der Waals surface area contributed by atoms with Crippen molar-refractivity contribution in [1.82, 2.24) is 9.88 Å². The molecule has 0 atom stereocenters. The Balaban J connectivity index is 1.99. The van der Waals surface area contributed by atoms with Crippen molar-refractivity contribution in [2.45, 2.75) is 33.6 Å². The number of benzene rings is 1. The molecule has 2 rings (SSSR count). The highest BCUT2D eigenvalue weighted by atomic mass is 32.1. The molecule has 0 saturated heterocycles. The second-order valence-corrected chi connectivity index (χ2v) is 5.94. The third-order valence-corrected chi connectivity index (χ3v) is 4.47. The summed E-state index contributed by atoms with van der Waals surface area (Å²) < 4.78 is 0. The molecule has 112 valence electrons. The smallest absolute Gasteiger partial charge is 0.222 e. The van der Waals surface area contributed by atoms with E-state index in [-0.39, 0.29) is 5.91 Å². The van der Waals surface area contributed by atoms with Crippen LogP contribution in [0.2, 0.25) is 0 Å². The number of aromatic nitrogens is 1. The van der Waals surface area contributed by atoms with Crippen LogP contribution in [-0.4, -0.2) is 28.9 Å². The van der Waals surface area contributed by atoms with E-state index in [0.717, 1.165) is 35.8 Å². The van der Waals surface area contributed by atoms with Gasteiger partial charge in [0.05, 0.1) is 5.69 Å². The van der Waals surface area contributed by atoms with Crippen LogP contribution in [0, 0.1) is 6.92 Å². The van der Waals surface area contributed by atoms with Crippen LogP contribution in [0.5, 0.6) is 0 Å². The zero-order chi connectivity index (χ0) is 15.2. The predicted molar refractivity (Wildman–Crippen MR) is 88.5 cm³/mol. The highest BCUT2D eigenvalue weighted by Gasteiger charge is 2.11. The van der Waals surface area contributed by atoms with Crippen molar-refractivity contribution in [3.05, 3.63) is 40.9 Å². The molecule has 0 aliphatic heterocycles. The summed E-state index contributed by atoms with van der Waals surface area (Å²) in [7, 11) is 0. The molecule has 0 aliphatic rings. The number of carbonyl (C=O) groups excluding carboxylic acids is 1. The maximum absolute atomic E-state index is 12.0. The van der Waals surface area contributed by atoms with Crippen molar-refractivity contribution in [3.63, 3.8) is 0 Å². The maximum atomic E-state index is 12.0. The van der Waals surface area contributed by atoms with Crippen LogP contribution in [0.4, 0.5) is 0 Å². The van der Waals surface area contributed by atoms with Gasteiger partial charge in [0, 0.05) is 30.5 Å². The molecule has 1 aromatic heterocycles. The summed E-state index contributed by atoms with van der Waals surface area (Å²) in [5.74, 6) is 0.213. The van der Waals surface area contributed by atoms with Gasteiger partial charge in [0.15, 0.2) is 0 Å². The Labute approximate surface area is 130 Å². The lowest BCUT2D eigenvalue weighted by Gasteiger charge is -2.17. The number of amides is 1. The van der Waals surface area contributed by atoms with Crippen molar-refractivity contribution < 1.29 is 4.79 Å². The van der Waals surface area contributed by atoms with Gasteiger partial charge in [-0.1, -0.05) is 23.8 Å². The number of rotatable bonds is 6. The molecule has 0 aliphatic carbocycles. The van der Waals surface area contributed by atoms with E-state index in [9.17, 15) is 4.79 Å². The highest BCUT2D eigenvalue weighted by molar-refractivity contribution is 7.13. The zero-order valence-electron chi connectivity index (χ0n) is 12.9. The van der Waals surface area contributed by atoms with Gasteiger partial charge in [-0.2, -0.15) is 0 Å². The van der Waals surface area contributed by atoms with Crippen LogP contribution >= 0.6 is 11.3 Å². The normalized spacial score (nSPS) is 10.6. The van der Waals surface area contributed by atoms with E-state index < -0.39 is 0 Å². The molecule has 0 bridgehead atoms. The molecule has 3 nitrogen and oxygen atoms in total. The molecule has 2 aromatic rings. The Hall–Kier alpha value is -1.68. The number of thiazole rings is 1. The van der Waals surface area contributed by atoms with Gasteiger partial charge < -0.3 is 4.90 Å². The van der Waals surface area contributed by atoms with Gasteiger partial charge in [-0.15, -0.1) is 11.3 Å². The van der Waals surface area contributed by atoms with Gasteiger partial charge in [-0.25, -0.2) is 4.98 Å². The summed E-state index contributed by atoms with van der Waals surface area (Å²) in [5, 5.41) is 3.09. The largest absolute Gasteiger partial charge is 0.343 e. The monoisotopic (exact) mass is 302 g/mol. The van der Waals surface area contributed by atoms with Gasteiger partial charge in [0.1, 0.15) is 5.01 Å². The molecular formula is C17H22N2OS. The van der Waals surface area contributed by atoms with Gasteiger partial charge in [0.25, 0.3) is 0 Å². The van der Waals surface area contributed by atoms with Gasteiger partial charge in [-0.05, 0) is 33.3 Å². The third-order valence-electron chi connectivity index (χ3n) is 3.53. The summed E-state index contributed by atoms with van der Waals surface area (Å²) in [6.45, 7) is 7.67. The van der Waals surface area contributed by atoms with Crippen LogP contribution in [0.3, 0.4) is 0 Å². The fourth-order valence-corrected chi connectivity index (χ4v) is 3.15. The Kier molecular flexibility index (Phi) is 5.51. The molecule has 0 radical (unpaired) electrons. The third kappa shape index (κ3) is 4.14. The minimum absolute atomic E-state index is 0.213. The number of aryl methyl sites for hydroxylation is 2. The van der Waals surface area contributed by atoms with Crippen LogP contribution in [-0.2, 0) is 11.2 Å². The molecule has 0 spiro atoms. The molecular weight excluding hydrogens is 280 g/mol. The Bertz CT molecular complexity index is 602. The predicted octanol–water partition coefficient (Wildman–Crippen LogP) is 3.92. The summed E-state index contributed by atoms with van der Waals surface area (Å²) in [6, 6.07) is 8.36. The Morgan fingerprint density at radius 3 is 2.71 bits per heavy atom. The average Bonchev–Trinajstić information content (AvgIpc) is 2.95. The summed E-state index contributed by atoms with van der Waals surface area (Å²) in [6.07, 6.45) is 1.26. The highest BCUT2D eigenvalue weighted by Crippen LogP contribution is 2.24. The van der Waals surface area contributed by atoms with Gasteiger partial charge in [-0.3, -0.25) is 4.79 Å². The summed E-state index contributed by atoms with van der Waals surface area (Å²) >= 11 is 1.65. The van der Waals surface area contributed by atoms with E-state index in [1.54, 1.807) is 11.3 Å². The zero-order valence-corrected chi connectivity index (χ0v) is 13.7. The fraction of sp³-hybridized carbons (Fsp3) is 0.412. The molecule has 0 fully saturated rings. The first-order valence-corrected chi connectivity index (χ1v) is 8.31. The fourth-order valence-electron chi connectivity index (χ4n) is 2.30. The van der Waals surface area contributed by atoms with Crippen molar-refractivity contribution in [1.29, 1.82) is 0 Å². The van der Waals surface area contributed by atoms with E-state index in [2.05, 4.69) is 41.6 Å². The van der Waals surface area contributed by atoms with Crippen molar-refractivity contribution in [2.24, 2.45) is 0 Å². The first kappa shape index (κ1) is 15.7. The van der Waals surface area contributed by atoms with Gasteiger partial charge in [0.2, 0.25) is 5.91 Å². The minimum atomic E-state index is 0.213. The number of hydrogen-bond acceptors (Lipinski definition) is 3. The standard InChI is InChI=1S/C17H22N2OS/c1-4-19(5-2)16(20)10-9-15-12-21-17(18-15)14-8-6-7-13(3)11-14/h6-8,11-12H,4-5,9-10H2,1-3H3. The summed E-state index contributed by atoms with van der Waals surface area (Å²) in [5.41, 5.74) is 3.40. The van der Waals surface area contributed by atoms with Crippen molar-refractivity contribution in [2.75, 3.05) is 13.1 Å². The molecule has 1 amide bonds. The Morgan fingerprint density at radius 1 is 1.29 bits per heavy atom. The quantitative estimate of drug-likeness (QED) is 0.810. The van der Waals surface area contributed by atoms with Crippen LogP contribution < -0.4 is 0 Å².